The van der Waals surface area contributed by atoms with Gasteiger partial charge in [0.15, 0.2) is 0 Å². The van der Waals surface area contributed by atoms with Crippen molar-refractivity contribution >= 4 is 11.8 Å². The Morgan fingerprint density at radius 1 is 1.57 bits per heavy atom. The number of anilines is 1. The highest BCUT2D eigenvalue weighted by Crippen LogP contribution is 2.24. The van der Waals surface area contributed by atoms with Crippen molar-refractivity contribution in [3.05, 3.63) is 41.9 Å². The van der Waals surface area contributed by atoms with E-state index in [4.69, 9.17) is 4.74 Å². The number of hydrogen-bond acceptors (Lipinski definition) is 4. The number of rotatable bonds is 6. The second-order valence-electron chi connectivity index (χ2n) is 5.28. The molecule has 1 atom stereocenters. The summed E-state index contributed by atoms with van der Waals surface area (Å²) in [6.07, 6.45) is -0.994. The van der Waals surface area contributed by atoms with E-state index in [1.54, 1.807) is 26.1 Å². The maximum absolute atomic E-state index is 13.6. The minimum atomic E-state index is -0.775. The van der Waals surface area contributed by atoms with Gasteiger partial charge < -0.3 is 4.74 Å². The summed E-state index contributed by atoms with van der Waals surface area (Å²) in [4.78, 5) is 13.3. The second kappa shape index (κ2) is 7.17. The molecule has 1 amide bonds. The molecule has 1 heterocycles. The highest BCUT2D eigenvalue weighted by Gasteiger charge is 2.33. The number of likely N-dealkylation sites (N-methyl/N-ethyl adjacent to an activating group) is 1. The molecule has 1 unspecified atom stereocenters. The third-order valence-corrected chi connectivity index (χ3v) is 3.30. The number of ether oxygens (including phenoxy) is 1. The van der Waals surface area contributed by atoms with Gasteiger partial charge in [-0.05, 0) is 24.6 Å². The van der Waals surface area contributed by atoms with Crippen LogP contribution in [0.1, 0.15) is 5.56 Å². The highest BCUT2D eigenvalue weighted by molar-refractivity contribution is 5.89. The van der Waals surface area contributed by atoms with Crippen molar-refractivity contribution < 1.29 is 18.3 Å². The van der Waals surface area contributed by atoms with Crippen LogP contribution in [0.25, 0.3) is 0 Å². The monoisotopic (exact) mass is 324 g/mol. The van der Waals surface area contributed by atoms with Crippen LogP contribution in [0.4, 0.5) is 19.3 Å². The lowest BCUT2D eigenvalue weighted by atomic mass is 10.2. The lowest BCUT2D eigenvalue weighted by molar-refractivity contribution is 0.115. The summed E-state index contributed by atoms with van der Waals surface area (Å²) in [5, 5.41) is 8.76. The largest absolute Gasteiger partial charge is 0.442 e. The first-order valence-electron chi connectivity index (χ1n) is 7.01. The molecule has 0 saturated carbocycles. The Balaban J connectivity index is 1.98. The van der Waals surface area contributed by atoms with Crippen molar-refractivity contribution in [1.82, 2.24) is 5.01 Å². The third-order valence-electron chi connectivity index (χ3n) is 3.30. The minimum absolute atomic E-state index is 0.0111. The fraction of sp³-hybridized carbons (Fsp3) is 0.400. The first kappa shape index (κ1) is 16.9. The van der Waals surface area contributed by atoms with Crippen LogP contribution in [0.2, 0.25) is 0 Å². The average Bonchev–Trinajstić information content (AvgIpc) is 2.88. The number of carbonyl (C=O) groups is 1. The quantitative estimate of drug-likeness (QED) is 0.596. The van der Waals surface area contributed by atoms with Crippen molar-refractivity contribution in [3.8, 4) is 0 Å². The van der Waals surface area contributed by atoms with Gasteiger partial charge >= 0.3 is 6.09 Å². The lowest BCUT2D eigenvalue weighted by Crippen LogP contribution is -2.29. The van der Waals surface area contributed by atoms with Gasteiger partial charge in [-0.2, -0.15) is 0 Å². The normalized spacial score (nSPS) is 17.7. The zero-order valence-corrected chi connectivity index (χ0v) is 13.0. The molecular formula is C15H18F2N4O2. The van der Waals surface area contributed by atoms with E-state index in [0.29, 0.717) is 11.3 Å². The van der Waals surface area contributed by atoms with Crippen molar-refractivity contribution in [2.45, 2.75) is 13.0 Å². The molecule has 1 saturated heterocycles. The van der Waals surface area contributed by atoms with Crippen LogP contribution in [0.3, 0.4) is 0 Å². The number of allylic oxidation sites excluding steroid dienone is 1. The maximum Gasteiger partial charge on any atom is 0.414 e. The van der Waals surface area contributed by atoms with E-state index in [0.717, 1.165) is 0 Å². The Morgan fingerprint density at radius 3 is 2.96 bits per heavy atom. The number of amides is 1. The van der Waals surface area contributed by atoms with Crippen LogP contribution in [-0.2, 0) is 4.74 Å². The van der Waals surface area contributed by atoms with Crippen molar-refractivity contribution in [3.63, 3.8) is 0 Å². The van der Waals surface area contributed by atoms with E-state index in [2.05, 4.69) is 16.9 Å². The summed E-state index contributed by atoms with van der Waals surface area (Å²) < 4.78 is 31.1. The molecular weight excluding hydrogens is 306 g/mol. The van der Waals surface area contributed by atoms with E-state index >= 15 is 0 Å². The van der Waals surface area contributed by atoms with Crippen LogP contribution in [0.5, 0.6) is 0 Å². The molecule has 1 aliphatic rings. The highest BCUT2D eigenvalue weighted by atomic mass is 19.1. The molecule has 1 aromatic carbocycles. The van der Waals surface area contributed by atoms with Gasteiger partial charge in [-0.3, -0.25) is 9.91 Å². The number of alkyl halides is 1. The predicted molar refractivity (Wildman–Crippen MR) is 81.4 cm³/mol. The fourth-order valence-electron chi connectivity index (χ4n) is 2.07. The molecule has 1 fully saturated rings. The molecule has 1 aromatic rings. The van der Waals surface area contributed by atoms with Gasteiger partial charge in [0.05, 0.1) is 24.5 Å². The molecule has 6 nitrogen and oxygen atoms in total. The molecule has 2 rings (SSSR count). The summed E-state index contributed by atoms with van der Waals surface area (Å²) in [5.74, 6) is -0.380. The number of carbonyl (C=O) groups excluding carboxylic acids is 1. The van der Waals surface area contributed by atoms with Crippen LogP contribution < -0.4 is 4.90 Å². The van der Waals surface area contributed by atoms with Gasteiger partial charge in [0, 0.05) is 7.05 Å². The number of nitrogens with zero attached hydrogens (tertiary/aromatic N) is 4. The van der Waals surface area contributed by atoms with Crippen molar-refractivity contribution in [1.29, 1.82) is 0 Å². The van der Waals surface area contributed by atoms with E-state index in [1.165, 1.54) is 16.0 Å². The Bertz CT molecular complexity index is 636. The van der Waals surface area contributed by atoms with E-state index in [1.807, 2.05) is 0 Å². The summed E-state index contributed by atoms with van der Waals surface area (Å²) in [5.41, 5.74) is 0.957. The number of hydrogen-bond donors (Lipinski definition) is 0. The molecule has 124 valence electrons. The van der Waals surface area contributed by atoms with Gasteiger partial charge in [-0.25, -0.2) is 13.6 Å². The molecule has 8 heteroatoms. The second-order valence-corrected chi connectivity index (χ2v) is 5.28. The van der Waals surface area contributed by atoms with Gasteiger partial charge in [-0.15, -0.1) is 5.11 Å². The summed E-state index contributed by atoms with van der Waals surface area (Å²) >= 11 is 0. The van der Waals surface area contributed by atoms with E-state index in [-0.39, 0.29) is 24.6 Å². The lowest BCUT2D eigenvalue weighted by Gasteiger charge is -2.16. The fourth-order valence-corrected chi connectivity index (χ4v) is 2.07. The van der Waals surface area contributed by atoms with Gasteiger partial charge in [0.1, 0.15) is 18.6 Å². The predicted octanol–water partition coefficient (Wildman–Crippen LogP) is 3.24. The van der Waals surface area contributed by atoms with E-state index in [9.17, 15) is 13.6 Å². The van der Waals surface area contributed by atoms with Crippen LogP contribution in [-0.4, -0.2) is 44.0 Å². The molecule has 0 bridgehead atoms. The first-order chi connectivity index (χ1) is 10.9. The molecule has 0 aliphatic carbocycles. The minimum Gasteiger partial charge on any atom is -0.442 e. The molecule has 0 radical (unpaired) electrons. The number of halogens is 2. The molecule has 0 aromatic heterocycles. The topological polar surface area (TPSA) is 57.5 Å². The van der Waals surface area contributed by atoms with Crippen LogP contribution in [0, 0.1) is 12.7 Å². The number of aryl methyl sites for hydroxylation is 1. The standard InChI is InChI=1S/C15H18F2N4O2/c1-10-4-5-12(6-14(10)17)21-9-13(23-15(21)22)8-20(3)19-18-11(2)7-16/h4-6,13H,2,7-9H2,1,3H3. The Labute approximate surface area is 133 Å². The zero-order chi connectivity index (χ0) is 17.0. The van der Waals surface area contributed by atoms with Gasteiger partial charge in [0.2, 0.25) is 0 Å². The number of benzene rings is 1. The summed E-state index contributed by atoms with van der Waals surface area (Å²) in [6.45, 7) is 4.78. The molecule has 0 N–H and O–H groups in total. The molecule has 0 spiro atoms. The van der Waals surface area contributed by atoms with Crippen LogP contribution in [0.15, 0.2) is 40.8 Å². The van der Waals surface area contributed by atoms with Crippen LogP contribution >= 0.6 is 0 Å². The van der Waals surface area contributed by atoms with Crippen molar-refractivity contribution in [2.24, 2.45) is 10.3 Å². The van der Waals surface area contributed by atoms with Gasteiger partial charge in [-0.1, -0.05) is 17.9 Å². The number of cyclic esters (lactones) is 1. The Morgan fingerprint density at radius 2 is 2.30 bits per heavy atom. The first-order valence-corrected chi connectivity index (χ1v) is 7.01. The third kappa shape index (κ3) is 4.24. The summed E-state index contributed by atoms with van der Waals surface area (Å²) in [6, 6.07) is 4.57. The zero-order valence-electron chi connectivity index (χ0n) is 13.0. The van der Waals surface area contributed by atoms with Crippen molar-refractivity contribution in [2.75, 3.05) is 31.7 Å². The summed E-state index contributed by atoms with van der Waals surface area (Å²) in [7, 11) is 1.62. The molecule has 23 heavy (non-hydrogen) atoms. The Hall–Kier alpha value is -2.51. The van der Waals surface area contributed by atoms with Gasteiger partial charge in [0.25, 0.3) is 0 Å². The smallest absolute Gasteiger partial charge is 0.414 e. The SMILES string of the molecule is C=C(CF)N=NN(C)CC1CN(c2ccc(C)c(F)c2)C(=O)O1. The van der Waals surface area contributed by atoms with E-state index < -0.39 is 18.9 Å². The average molecular weight is 324 g/mol. The Kier molecular flexibility index (Phi) is 5.25. The molecule has 1 aliphatic heterocycles. The maximum atomic E-state index is 13.6.